The second-order valence-corrected chi connectivity index (χ2v) is 2.15. The van der Waals surface area contributed by atoms with Gasteiger partial charge in [-0.25, -0.2) is 0 Å². The van der Waals surface area contributed by atoms with E-state index in [1.165, 1.54) is 0 Å². The van der Waals surface area contributed by atoms with E-state index >= 15 is 0 Å². The number of primary amides is 1. The van der Waals surface area contributed by atoms with Crippen molar-refractivity contribution >= 4 is 18.3 Å². The smallest absolute Gasteiger partial charge is 0.217 e. The summed E-state index contributed by atoms with van der Waals surface area (Å²) in [6.45, 7) is 0. The van der Waals surface area contributed by atoms with Crippen LogP contribution in [0.25, 0.3) is 0 Å². The normalized spacial score (nSPS) is 24.8. The van der Waals surface area contributed by atoms with Crippen LogP contribution in [-0.2, 0) is 4.79 Å². The van der Waals surface area contributed by atoms with Crippen LogP contribution in [0, 0.1) is 12.0 Å². The number of carbonyl (C=O) groups is 1. The number of hydrogen-bond donors (Lipinski definition) is 2. The van der Waals surface area contributed by atoms with Gasteiger partial charge < -0.3 is 11.5 Å². The SMILES string of the molecule is Cl.N[C]1C[C@@H]1CC(N)=O. The molecule has 0 unspecified atom stereocenters. The summed E-state index contributed by atoms with van der Waals surface area (Å²) in [5, 5.41) is 0. The van der Waals surface area contributed by atoms with Gasteiger partial charge in [0.25, 0.3) is 0 Å². The number of halogens is 1. The maximum Gasteiger partial charge on any atom is 0.217 e. The van der Waals surface area contributed by atoms with Crippen molar-refractivity contribution in [2.75, 3.05) is 0 Å². The van der Waals surface area contributed by atoms with Crippen molar-refractivity contribution in [3.63, 3.8) is 0 Å². The minimum absolute atomic E-state index is 0. The molecule has 0 aromatic carbocycles. The van der Waals surface area contributed by atoms with E-state index in [4.69, 9.17) is 11.5 Å². The Balaban J connectivity index is 0.000000640. The average Bonchev–Trinajstić information content (AvgIpc) is 2.17. The van der Waals surface area contributed by atoms with Crippen LogP contribution < -0.4 is 11.5 Å². The first-order valence-electron chi connectivity index (χ1n) is 2.59. The van der Waals surface area contributed by atoms with Crippen LogP contribution in [0.5, 0.6) is 0 Å². The van der Waals surface area contributed by atoms with Crippen molar-refractivity contribution in [3.05, 3.63) is 6.04 Å². The van der Waals surface area contributed by atoms with Crippen molar-refractivity contribution in [2.45, 2.75) is 12.8 Å². The molecule has 1 rings (SSSR count). The minimum atomic E-state index is -0.254. The number of rotatable bonds is 2. The molecule has 53 valence electrons. The van der Waals surface area contributed by atoms with E-state index in [-0.39, 0.29) is 18.3 Å². The van der Waals surface area contributed by atoms with E-state index in [2.05, 4.69) is 0 Å². The lowest BCUT2D eigenvalue weighted by atomic mass is 10.3. The van der Waals surface area contributed by atoms with Gasteiger partial charge in [-0.05, 0) is 12.3 Å². The second kappa shape index (κ2) is 3.03. The van der Waals surface area contributed by atoms with Crippen LogP contribution >= 0.6 is 12.4 Å². The summed E-state index contributed by atoms with van der Waals surface area (Å²) in [5.74, 6) is 0.0583. The summed E-state index contributed by atoms with van der Waals surface area (Å²) in [6.07, 6.45) is 1.33. The van der Waals surface area contributed by atoms with Crippen molar-refractivity contribution in [1.29, 1.82) is 0 Å². The van der Waals surface area contributed by atoms with Gasteiger partial charge in [0.2, 0.25) is 5.91 Å². The fourth-order valence-electron chi connectivity index (χ4n) is 0.672. The highest BCUT2D eigenvalue weighted by atomic mass is 35.5. The van der Waals surface area contributed by atoms with Gasteiger partial charge in [0.15, 0.2) is 0 Å². The second-order valence-electron chi connectivity index (χ2n) is 2.15. The average molecular weight is 150 g/mol. The summed E-state index contributed by atoms with van der Waals surface area (Å²) in [7, 11) is 0. The summed E-state index contributed by atoms with van der Waals surface area (Å²) >= 11 is 0. The molecule has 1 amide bonds. The Morgan fingerprint density at radius 3 is 2.33 bits per heavy atom. The first-order chi connectivity index (χ1) is 3.70. The zero-order chi connectivity index (χ0) is 6.15. The number of hydrogen-bond acceptors (Lipinski definition) is 2. The highest BCUT2D eigenvalue weighted by Gasteiger charge is 2.35. The third kappa shape index (κ3) is 2.67. The van der Waals surface area contributed by atoms with Gasteiger partial charge in [-0.15, -0.1) is 12.4 Å². The largest absolute Gasteiger partial charge is 0.370 e. The third-order valence-electron chi connectivity index (χ3n) is 1.29. The summed E-state index contributed by atoms with van der Waals surface area (Å²) in [5.41, 5.74) is 10.2. The van der Waals surface area contributed by atoms with Gasteiger partial charge in [-0.3, -0.25) is 4.79 Å². The topological polar surface area (TPSA) is 69.1 Å². The Morgan fingerprint density at radius 1 is 1.78 bits per heavy atom. The first-order valence-corrected chi connectivity index (χ1v) is 2.59. The molecule has 0 saturated heterocycles. The lowest BCUT2D eigenvalue weighted by Crippen LogP contribution is -2.11. The molecular formula is C5H10ClN2O. The van der Waals surface area contributed by atoms with E-state index < -0.39 is 0 Å². The van der Waals surface area contributed by atoms with Crippen molar-refractivity contribution in [1.82, 2.24) is 0 Å². The van der Waals surface area contributed by atoms with E-state index in [9.17, 15) is 4.79 Å². The highest BCUT2D eigenvalue weighted by molar-refractivity contribution is 5.85. The maximum atomic E-state index is 10.1. The van der Waals surface area contributed by atoms with Crippen molar-refractivity contribution < 1.29 is 4.79 Å². The minimum Gasteiger partial charge on any atom is -0.370 e. The van der Waals surface area contributed by atoms with Gasteiger partial charge in [-0.2, -0.15) is 0 Å². The maximum absolute atomic E-state index is 10.1. The molecule has 1 atom stereocenters. The van der Waals surface area contributed by atoms with Crippen LogP contribution in [0.4, 0.5) is 0 Å². The van der Waals surface area contributed by atoms with Gasteiger partial charge in [-0.1, -0.05) is 0 Å². The molecule has 0 aromatic rings. The summed E-state index contributed by atoms with van der Waals surface area (Å²) in [4.78, 5) is 10.1. The van der Waals surface area contributed by atoms with E-state index in [1.807, 2.05) is 0 Å². The Bertz CT molecular complexity index is 118. The lowest BCUT2D eigenvalue weighted by Gasteiger charge is -1.86. The quantitative estimate of drug-likeness (QED) is 0.571. The summed E-state index contributed by atoms with van der Waals surface area (Å²) < 4.78 is 0. The first kappa shape index (κ1) is 8.72. The molecule has 9 heavy (non-hydrogen) atoms. The Labute approximate surface area is 60.2 Å². The number of nitrogens with two attached hydrogens (primary N) is 2. The van der Waals surface area contributed by atoms with Gasteiger partial charge >= 0.3 is 0 Å². The van der Waals surface area contributed by atoms with Crippen LogP contribution in [0.3, 0.4) is 0 Å². The lowest BCUT2D eigenvalue weighted by molar-refractivity contribution is -0.118. The molecule has 0 aromatic heterocycles. The molecule has 1 fully saturated rings. The molecular weight excluding hydrogens is 140 g/mol. The molecule has 1 aliphatic rings. The standard InChI is InChI=1S/C5H9N2O.ClH/c6-4-1-3(4)2-5(7)8;/h3H,1-2,6H2,(H2,7,8);1H/t3-;/m1./s1. The molecule has 1 radical (unpaired) electrons. The van der Waals surface area contributed by atoms with Gasteiger partial charge in [0, 0.05) is 12.5 Å². The predicted octanol–water partition coefficient (Wildman–Crippen LogP) is -0.206. The van der Waals surface area contributed by atoms with Crippen LogP contribution in [-0.4, -0.2) is 5.91 Å². The fraction of sp³-hybridized carbons (Fsp3) is 0.600. The van der Waals surface area contributed by atoms with Gasteiger partial charge in [0.05, 0.1) is 0 Å². The van der Waals surface area contributed by atoms with Crippen LogP contribution in [0.2, 0.25) is 0 Å². The van der Waals surface area contributed by atoms with E-state index in [0.29, 0.717) is 12.3 Å². The fourth-order valence-corrected chi connectivity index (χ4v) is 0.672. The zero-order valence-electron chi connectivity index (χ0n) is 4.96. The van der Waals surface area contributed by atoms with Gasteiger partial charge in [0.1, 0.15) is 0 Å². The Kier molecular flexibility index (Phi) is 2.94. The number of carbonyl (C=O) groups excluding carboxylic acids is 1. The predicted molar refractivity (Wildman–Crippen MR) is 36.6 cm³/mol. The van der Waals surface area contributed by atoms with E-state index in [1.54, 1.807) is 0 Å². The molecule has 4 N–H and O–H groups in total. The third-order valence-corrected chi connectivity index (χ3v) is 1.29. The molecule has 4 heteroatoms. The molecule has 3 nitrogen and oxygen atoms in total. The summed E-state index contributed by atoms with van der Waals surface area (Å²) in [6, 6.07) is 0.920. The Hall–Kier alpha value is -0.280. The Morgan fingerprint density at radius 2 is 2.22 bits per heavy atom. The number of amides is 1. The molecule has 0 aliphatic heterocycles. The van der Waals surface area contributed by atoms with Crippen LogP contribution in [0.15, 0.2) is 0 Å². The highest BCUT2D eigenvalue weighted by Crippen LogP contribution is 2.37. The molecule has 0 bridgehead atoms. The monoisotopic (exact) mass is 149 g/mol. The molecule has 1 aliphatic carbocycles. The zero-order valence-corrected chi connectivity index (χ0v) is 5.78. The molecule has 0 spiro atoms. The molecule has 1 saturated carbocycles. The van der Waals surface area contributed by atoms with Crippen LogP contribution in [0.1, 0.15) is 12.8 Å². The van der Waals surface area contributed by atoms with Crippen molar-refractivity contribution in [3.8, 4) is 0 Å². The van der Waals surface area contributed by atoms with Crippen molar-refractivity contribution in [2.24, 2.45) is 17.4 Å². The van der Waals surface area contributed by atoms with E-state index in [0.717, 1.165) is 12.5 Å². The molecule has 0 heterocycles.